The second kappa shape index (κ2) is 13.3. The van der Waals surface area contributed by atoms with Gasteiger partial charge in [0, 0.05) is 0 Å². The molecule has 9 nitrogen and oxygen atoms in total. The molecule has 0 heterocycles. The Hall–Kier alpha value is -2.00. The summed E-state index contributed by atoms with van der Waals surface area (Å²) < 4.78 is 0. The van der Waals surface area contributed by atoms with Gasteiger partial charge in [0.15, 0.2) is 0 Å². The van der Waals surface area contributed by atoms with Crippen LogP contribution in [0.1, 0.15) is 61.3 Å². The third kappa shape index (κ3) is 9.21. The number of carbonyl (C=O) groups is 4. The fraction of sp³-hybridized carbons (Fsp3) is 0.810. The second-order valence-electron chi connectivity index (χ2n) is 8.74. The lowest BCUT2D eigenvalue weighted by molar-refractivity contribution is -0.134. The van der Waals surface area contributed by atoms with Gasteiger partial charge < -0.3 is 31.6 Å². The molecule has 0 unspecified atom stereocenters. The predicted octanol–water partition coefficient (Wildman–Crippen LogP) is 0.0960. The number of carbonyl (C=O) groups excluding carboxylic acids is 4. The Labute approximate surface area is 179 Å². The van der Waals surface area contributed by atoms with Crippen molar-refractivity contribution in [3.8, 4) is 0 Å². The Morgan fingerprint density at radius 2 is 1.50 bits per heavy atom. The maximum absolute atomic E-state index is 12.9. The van der Waals surface area contributed by atoms with E-state index in [1.807, 2.05) is 27.7 Å². The minimum Gasteiger partial charge on any atom is -0.391 e. The van der Waals surface area contributed by atoms with Crippen molar-refractivity contribution in [3.05, 3.63) is 0 Å². The van der Waals surface area contributed by atoms with Gasteiger partial charge in [-0.25, -0.2) is 0 Å². The minimum absolute atomic E-state index is 0.0371. The molecule has 0 aromatic heterocycles. The summed E-state index contributed by atoms with van der Waals surface area (Å²) in [5, 5.41) is 17.5. The van der Waals surface area contributed by atoms with Crippen LogP contribution >= 0.6 is 0 Å². The van der Waals surface area contributed by atoms with Crippen LogP contribution in [-0.2, 0) is 19.2 Å². The van der Waals surface area contributed by atoms with E-state index in [4.69, 9.17) is 5.73 Å². The smallest absolute Gasteiger partial charge is 0.243 e. The molecule has 0 saturated carbocycles. The van der Waals surface area contributed by atoms with Crippen LogP contribution < -0.4 is 21.7 Å². The minimum atomic E-state index is -1.17. The first-order chi connectivity index (χ1) is 13.8. The lowest BCUT2D eigenvalue weighted by Crippen LogP contribution is -2.59. The molecular formula is C21H40N4O5. The van der Waals surface area contributed by atoms with E-state index in [0.29, 0.717) is 19.1 Å². The highest BCUT2D eigenvalue weighted by Gasteiger charge is 2.32. The molecule has 0 rings (SSSR count). The molecule has 6 N–H and O–H groups in total. The van der Waals surface area contributed by atoms with Crippen molar-refractivity contribution in [1.29, 1.82) is 0 Å². The first kappa shape index (κ1) is 28.0. The maximum Gasteiger partial charge on any atom is 0.243 e. The van der Waals surface area contributed by atoms with E-state index < -0.39 is 48.0 Å². The number of aliphatic hydroxyl groups is 1. The zero-order valence-corrected chi connectivity index (χ0v) is 19.3. The van der Waals surface area contributed by atoms with Crippen molar-refractivity contribution >= 4 is 24.0 Å². The van der Waals surface area contributed by atoms with Gasteiger partial charge in [-0.15, -0.1) is 0 Å². The summed E-state index contributed by atoms with van der Waals surface area (Å²) in [6, 6.07) is -3.59. The van der Waals surface area contributed by atoms with E-state index in [0.717, 1.165) is 0 Å². The van der Waals surface area contributed by atoms with Gasteiger partial charge in [0.1, 0.15) is 24.4 Å². The van der Waals surface area contributed by atoms with Crippen LogP contribution in [0.4, 0.5) is 0 Å². The van der Waals surface area contributed by atoms with E-state index in [1.54, 1.807) is 13.8 Å². The molecule has 0 radical (unpaired) electrons. The average Bonchev–Trinajstić information content (AvgIpc) is 2.66. The molecule has 0 aliphatic carbocycles. The highest BCUT2D eigenvalue weighted by Crippen LogP contribution is 2.10. The molecule has 0 aromatic rings. The third-order valence-corrected chi connectivity index (χ3v) is 5.12. The van der Waals surface area contributed by atoms with Gasteiger partial charge in [-0.1, -0.05) is 48.0 Å². The normalized spacial score (nSPS) is 17.4. The number of nitrogens with two attached hydrogens (primary N) is 1. The maximum atomic E-state index is 12.9. The summed E-state index contributed by atoms with van der Waals surface area (Å²) in [4.78, 5) is 49.2. The summed E-state index contributed by atoms with van der Waals surface area (Å²) in [6.07, 6.45) is 0.682. The molecule has 0 bridgehead atoms. The molecule has 0 aliphatic heterocycles. The molecule has 174 valence electrons. The fourth-order valence-corrected chi connectivity index (χ4v) is 2.80. The molecular weight excluding hydrogens is 388 g/mol. The van der Waals surface area contributed by atoms with Crippen LogP contribution in [0.15, 0.2) is 0 Å². The van der Waals surface area contributed by atoms with Crippen molar-refractivity contribution in [1.82, 2.24) is 16.0 Å². The molecule has 0 spiro atoms. The number of aliphatic hydroxyl groups excluding tert-OH is 1. The summed E-state index contributed by atoms with van der Waals surface area (Å²) in [5.74, 6) is -1.81. The van der Waals surface area contributed by atoms with E-state index >= 15 is 0 Å². The summed E-state index contributed by atoms with van der Waals surface area (Å²) in [6.45, 7) is 12.5. The molecule has 0 aliphatic rings. The van der Waals surface area contributed by atoms with Gasteiger partial charge in [-0.3, -0.25) is 14.4 Å². The van der Waals surface area contributed by atoms with Crippen LogP contribution in [0.25, 0.3) is 0 Å². The zero-order chi connectivity index (χ0) is 23.6. The SMILES string of the molecule is CC[C@H](C)[C@@H](C=O)NC(=O)[C@@H](NC(=O)[C@H](CC(C)C)NC(=O)[C@@H](N)[C@@H](C)O)C(C)C. The standard InChI is InChI=1S/C21H40N4O5/c1-8-13(6)16(10-26)24-21(30)18(12(4)5)25-19(28)15(9-11(2)3)23-20(29)17(22)14(7)27/h10-18,27H,8-9,22H2,1-7H3,(H,23,29)(H,24,30)(H,25,28)/t13-,14+,15-,16+,17-,18-/m0/s1. The highest BCUT2D eigenvalue weighted by atomic mass is 16.3. The van der Waals surface area contributed by atoms with Crippen molar-refractivity contribution in [2.24, 2.45) is 23.5 Å². The summed E-state index contributed by atoms with van der Waals surface area (Å²) in [7, 11) is 0. The monoisotopic (exact) mass is 428 g/mol. The number of aldehydes is 1. The van der Waals surface area contributed by atoms with Crippen LogP contribution in [0.3, 0.4) is 0 Å². The summed E-state index contributed by atoms with van der Waals surface area (Å²) in [5.41, 5.74) is 5.66. The predicted molar refractivity (Wildman–Crippen MR) is 115 cm³/mol. The molecule has 0 fully saturated rings. The lowest BCUT2D eigenvalue weighted by Gasteiger charge is -2.28. The Morgan fingerprint density at radius 1 is 0.933 bits per heavy atom. The van der Waals surface area contributed by atoms with Gasteiger partial charge in [-0.05, 0) is 31.1 Å². The Balaban J connectivity index is 5.39. The van der Waals surface area contributed by atoms with Crippen molar-refractivity contribution in [2.75, 3.05) is 0 Å². The average molecular weight is 429 g/mol. The molecule has 0 saturated heterocycles. The number of nitrogens with one attached hydrogen (secondary N) is 3. The highest BCUT2D eigenvalue weighted by molar-refractivity contribution is 5.93. The quantitative estimate of drug-likeness (QED) is 0.262. The van der Waals surface area contributed by atoms with Crippen LogP contribution in [0.2, 0.25) is 0 Å². The van der Waals surface area contributed by atoms with Gasteiger partial charge in [-0.2, -0.15) is 0 Å². The third-order valence-electron chi connectivity index (χ3n) is 5.12. The van der Waals surface area contributed by atoms with Gasteiger partial charge in [0.25, 0.3) is 0 Å². The molecule has 9 heteroatoms. The first-order valence-corrected chi connectivity index (χ1v) is 10.7. The fourth-order valence-electron chi connectivity index (χ4n) is 2.80. The molecule has 0 aromatic carbocycles. The summed E-state index contributed by atoms with van der Waals surface area (Å²) >= 11 is 0. The first-order valence-electron chi connectivity index (χ1n) is 10.7. The van der Waals surface area contributed by atoms with Crippen LogP contribution in [-0.4, -0.2) is 59.4 Å². The van der Waals surface area contributed by atoms with Crippen molar-refractivity contribution in [3.63, 3.8) is 0 Å². The lowest BCUT2D eigenvalue weighted by atomic mass is 9.97. The van der Waals surface area contributed by atoms with Crippen LogP contribution in [0, 0.1) is 17.8 Å². The Kier molecular flexibility index (Phi) is 12.4. The van der Waals surface area contributed by atoms with E-state index in [2.05, 4.69) is 16.0 Å². The van der Waals surface area contributed by atoms with Crippen molar-refractivity contribution < 1.29 is 24.3 Å². The van der Waals surface area contributed by atoms with Crippen molar-refractivity contribution in [2.45, 2.75) is 91.6 Å². The van der Waals surface area contributed by atoms with Gasteiger partial charge in [0.2, 0.25) is 17.7 Å². The van der Waals surface area contributed by atoms with Gasteiger partial charge in [0.05, 0.1) is 12.1 Å². The topological polar surface area (TPSA) is 151 Å². The molecule has 30 heavy (non-hydrogen) atoms. The van der Waals surface area contributed by atoms with E-state index in [-0.39, 0.29) is 17.8 Å². The number of hydrogen-bond donors (Lipinski definition) is 5. The van der Waals surface area contributed by atoms with Gasteiger partial charge >= 0.3 is 0 Å². The molecule has 6 atom stereocenters. The second-order valence-corrected chi connectivity index (χ2v) is 8.74. The Bertz CT molecular complexity index is 580. The van der Waals surface area contributed by atoms with E-state index in [1.165, 1.54) is 6.92 Å². The largest absolute Gasteiger partial charge is 0.391 e. The zero-order valence-electron chi connectivity index (χ0n) is 19.3. The number of amides is 3. The number of rotatable bonds is 13. The number of hydrogen-bond acceptors (Lipinski definition) is 6. The Morgan fingerprint density at radius 3 is 1.90 bits per heavy atom. The molecule has 3 amide bonds. The van der Waals surface area contributed by atoms with E-state index in [9.17, 15) is 24.3 Å². The van der Waals surface area contributed by atoms with Crippen LogP contribution in [0.5, 0.6) is 0 Å².